The number of nitriles is 1. The van der Waals surface area contributed by atoms with Crippen LogP contribution in [-0.2, 0) is 0 Å². The average molecular weight is 245 g/mol. The van der Waals surface area contributed by atoms with Crippen LogP contribution in [0.3, 0.4) is 0 Å². The Bertz CT molecular complexity index is 554. The lowest BCUT2D eigenvalue weighted by molar-refractivity contribution is 0.415. The number of benzene rings is 1. The molecule has 86 valence electrons. The van der Waals surface area contributed by atoms with E-state index >= 15 is 0 Å². The number of ether oxygens (including phenoxy) is 1. The van der Waals surface area contributed by atoms with Crippen molar-refractivity contribution in [3.63, 3.8) is 0 Å². The summed E-state index contributed by atoms with van der Waals surface area (Å²) in [6, 6.07) is 9.67. The number of hydrogen-bond acceptors (Lipinski definition) is 5. The quantitative estimate of drug-likeness (QED) is 0.903. The predicted octanol–water partition coefficient (Wildman–Crippen LogP) is 2.73. The zero-order chi connectivity index (χ0) is 12.3. The minimum atomic E-state index is 0.611. The van der Waals surface area contributed by atoms with E-state index in [0.717, 1.165) is 16.4 Å². The third-order valence-electron chi connectivity index (χ3n) is 2.31. The molecule has 0 saturated carbocycles. The molecule has 0 radical (unpaired) electrons. The van der Waals surface area contributed by atoms with Gasteiger partial charge in [-0.1, -0.05) is 11.3 Å². The van der Waals surface area contributed by atoms with E-state index in [9.17, 15) is 0 Å². The fourth-order valence-electron chi connectivity index (χ4n) is 1.45. The Morgan fingerprint density at radius 3 is 2.59 bits per heavy atom. The number of nitrogens with one attached hydrogen (secondary N) is 1. The summed E-state index contributed by atoms with van der Waals surface area (Å²) in [6.07, 6.45) is 0. The first-order valence-electron chi connectivity index (χ1n) is 5.01. The molecule has 1 heterocycles. The summed E-state index contributed by atoms with van der Waals surface area (Å²) in [5, 5.41) is 12.7. The lowest BCUT2D eigenvalue weighted by Crippen LogP contribution is -1.87. The molecule has 0 bridgehead atoms. The van der Waals surface area contributed by atoms with Crippen LogP contribution in [-0.4, -0.2) is 19.1 Å². The van der Waals surface area contributed by atoms with Crippen LogP contribution in [0.25, 0.3) is 11.3 Å². The second-order valence-corrected chi connectivity index (χ2v) is 4.29. The van der Waals surface area contributed by atoms with Gasteiger partial charge in [-0.15, -0.1) is 0 Å². The first-order chi connectivity index (χ1) is 8.28. The molecular formula is C12H11N3OS. The van der Waals surface area contributed by atoms with Crippen LogP contribution in [0.1, 0.15) is 4.88 Å². The lowest BCUT2D eigenvalue weighted by atomic mass is 10.1. The van der Waals surface area contributed by atoms with Crippen molar-refractivity contribution in [3.8, 4) is 23.1 Å². The zero-order valence-electron chi connectivity index (χ0n) is 9.52. The minimum Gasteiger partial charge on any atom is -0.497 e. The SMILES string of the molecule is CNc1nc(-c2ccc(OC)cc2)c(C#N)s1. The van der Waals surface area contributed by atoms with Crippen molar-refractivity contribution < 1.29 is 4.74 Å². The number of thiazole rings is 1. The van der Waals surface area contributed by atoms with E-state index in [1.807, 2.05) is 24.3 Å². The molecule has 0 amide bonds. The summed E-state index contributed by atoms with van der Waals surface area (Å²) in [7, 11) is 3.41. The monoisotopic (exact) mass is 245 g/mol. The number of hydrogen-bond donors (Lipinski definition) is 1. The van der Waals surface area contributed by atoms with Crippen molar-refractivity contribution in [3.05, 3.63) is 29.1 Å². The van der Waals surface area contributed by atoms with Crippen LogP contribution in [0, 0.1) is 11.3 Å². The maximum atomic E-state index is 9.06. The van der Waals surface area contributed by atoms with Gasteiger partial charge in [0, 0.05) is 12.6 Å². The van der Waals surface area contributed by atoms with Gasteiger partial charge in [0.05, 0.1) is 7.11 Å². The highest BCUT2D eigenvalue weighted by atomic mass is 32.1. The van der Waals surface area contributed by atoms with E-state index in [1.54, 1.807) is 14.2 Å². The van der Waals surface area contributed by atoms with Gasteiger partial charge in [0.1, 0.15) is 22.4 Å². The predicted molar refractivity (Wildman–Crippen MR) is 68.4 cm³/mol. The molecule has 0 saturated heterocycles. The van der Waals surface area contributed by atoms with Gasteiger partial charge in [-0.3, -0.25) is 0 Å². The van der Waals surface area contributed by atoms with Crippen LogP contribution >= 0.6 is 11.3 Å². The van der Waals surface area contributed by atoms with Gasteiger partial charge in [0.2, 0.25) is 0 Å². The third kappa shape index (κ3) is 2.22. The normalized spacial score (nSPS) is 9.71. The van der Waals surface area contributed by atoms with E-state index in [-0.39, 0.29) is 0 Å². The lowest BCUT2D eigenvalue weighted by Gasteiger charge is -2.01. The van der Waals surface area contributed by atoms with Gasteiger partial charge >= 0.3 is 0 Å². The molecule has 17 heavy (non-hydrogen) atoms. The molecule has 0 spiro atoms. The van der Waals surface area contributed by atoms with E-state index in [0.29, 0.717) is 10.6 Å². The Labute approximate surface area is 103 Å². The molecule has 0 fully saturated rings. The number of rotatable bonds is 3. The van der Waals surface area contributed by atoms with Crippen molar-refractivity contribution in [1.82, 2.24) is 4.98 Å². The second kappa shape index (κ2) is 4.85. The molecule has 0 aliphatic carbocycles. The van der Waals surface area contributed by atoms with Crippen LogP contribution in [0.5, 0.6) is 5.75 Å². The summed E-state index contributed by atoms with van der Waals surface area (Å²) in [4.78, 5) is 4.98. The molecule has 0 aliphatic heterocycles. The van der Waals surface area contributed by atoms with Gasteiger partial charge in [-0.2, -0.15) is 5.26 Å². The zero-order valence-corrected chi connectivity index (χ0v) is 10.3. The summed E-state index contributed by atoms with van der Waals surface area (Å²) >= 11 is 1.35. The average Bonchev–Trinajstić information content (AvgIpc) is 2.82. The highest BCUT2D eigenvalue weighted by Gasteiger charge is 2.11. The van der Waals surface area contributed by atoms with Crippen LogP contribution in [0.4, 0.5) is 5.13 Å². The Balaban J connectivity index is 2.44. The summed E-state index contributed by atoms with van der Waals surface area (Å²) in [5.74, 6) is 0.788. The van der Waals surface area contributed by atoms with Gasteiger partial charge < -0.3 is 10.1 Å². The standard InChI is InChI=1S/C12H11N3OS/c1-14-12-15-11(10(7-13)17-12)8-3-5-9(16-2)6-4-8/h3-6H,1-2H3,(H,14,15). The van der Waals surface area contributed by atoms with Gasteiger partial charge in [-0.25, -0.2) is 4.98 Å². The molecule has 1 N–H and O–H groups in total. The molecule has 1 aromatic carbocycles. The Morgan fingerprint density at radius 2 is 2.06 bits per heavy atom. The van der Waals surface area contributed by atoms with Crippen molar-refractivity contribution in [1.29, 1.82) is 5.26 Å². The first-order valence-corrected chi connectivity index (χ1v) is 5.83. The van der Waals surface area contributed by atoms with Crippen molar-refractivity contribution in [2.45, 2.75) is 0 Å². The van der Waals surface area contributed by atoms with Gasteiger partial charge in [0.15, 0.2) is 5.13 Å². The van der Waals surface area contributed by atoms with Gasteiger partial charge in [0.25, 0.3) is 0 Å². The van der Waals surface area contributed by atoms with E-state index in [1.165, 1.54) is 11.3 Å². The second-order valence-electron chi connectivity index (χ2n) is 3.29. The topological polar surface area (TPSA) is 57.9 Å². The van der Waals surface area contributed by atoms with E-state index in [2.05, 4.69) is 16.4 Å². The molecule has 5 heteroatoms. The molecule has 0 atom stereocenters. The van der Waals surface area contributed by atoms with Crippen LogP contribution in [0.15, 0.2) is 24.3 Å². The fourth-order valence-corrected chi connectivity index (χ4v) is 2.19. The summed E-state index contributed by atoms with van der Waals surface area (Å²) in [5.41, 5.74) is 1.63. The summed E-state index contributed by atoms with van der Waals surface area (Å²) in [6.45, 7) is 0. The maximum absolute atomic E-state index is 9.06. The Hall–Kier alpha value is -2.06. The molecule has 1 aromatic heterocycles. The summed E-state index contributed by atoms with van der Waals surface area (Å²) < 4.78 is 5.09. The Morgan fingerprint density at radius 1 is 1.35 bits per heavy atom. The Kier molecular flexibility index (Phi) is 3.26. The number of nitrogens with zero attached hydrogens (tertiary/aromatic N) is 2. The largest absolute Gasteiger partial charge is 0.497 e. The molecule has 2 rings (SSSR count). The number of methoxy groups -OCH3 is 1. The molecular weight excluding hydrogens is 234 g/mol. The number of aromatic nitrogens is 1. The van der Waals surface area contributed by atoms with Crippen molar-refractivity contribution in [2.75, 3.05) is 19.5 Å². The van der Waals surface area contributed by atoms with Crippen LogP contribution < -0.4 is 10.1 Å². The minimum absolute atomic E-state index is 0.611. The molecule has 0 aliphatic rings. The first kappa shape index (κ1) is 11.4. The molecule has 2 aromatic rings. The van der Waals surface area contributed by atoms with E-state index < -0.39 is 0 Å². The molecule has 0 unspecified atom stereocenters. The van der Waals surface area contributed by atoms with Crippen molar-refractivity contribution >= 4 is 16.5 Å². The smallest absolute Gasteiger partial charge is 0.184 e. The number of anilines is 1. The highest BCUT2D eigenvalue weighted by molar-refractivity contribution is 7.16. The van der Waals surface area contributed by atoms with Gasteiger partial charge in [-0.05, 0) is 24.3 Å². The highest BCUT2D eigenvalue weighted by Crippen LogP contribution is 2.31. The van der Waals surface area contributed by atoms with Crippen LogP contribution in [0.2, 0.25) is 0 Å². The fraction of sp³-hybridized carbons (Fsp3) is 0.167. The third-order valence-corrected chi connectivity index (χ3v) is 3.28. The van der Waals surface area contributed by atoms with E-state index in [4.69, 9.17) is 10.00 Å². The van der Waals surface area contributed by atoms with Crippen molar-refractivity contribution in [2.24, 2.45) is 0 Å². The molecule has 4 nitrogen and oxygen atoms in total. The maximum Gasteiger partial charge on any atom is 0.184 e.